The third-order valence-corrected chi connectivity index (χ3v) is 5.88. The maximum Gasteiger partial charge on any atom is 0.433 e. The Morgan fingerprint density at radius 1 is 1.14 bits per heavy atom. The van der Waals surface area contributed by atoms with E-state index < -0.39 is 21.4 Å². The maximum absolute atomic E-state index is 12.7. The average molecular weight is 543 g/mol. The number of hydrogen-bond donors (Lipinski definition) is 5. The summed E-state index contributed by atoms with van der Waals surface area (Å²) >= 11 is 13.2. The molecule has 9 nitrogen and oxygen atoms in total. The zero-order valence-electron chi connectivity index (χ0n) is 18.4. The van der Waals surface area contributed by atoms with Crippen LogP contribution in [0, 0.1) is 6.92 Å². The van der Waals surface area contributed by atoms with Gasteiger partial charge in [-0.2, -0.15) is 23.3 Å². The number of nitrogens with one attached hydrogen (secondary N) is 2. The number of anilines is 3. The number of nitrogens with zero attached hydrogens (tertiary/aromatic N) is 6. The van der Waals surface area contributed by atoms with Crippen molar-refractivity contribution >= 4 is 61.2 Å². The van der Waals surface area contributed by atoms with Crippen molar-refractivity contribution < 1.29 is 18.0 Å². The number of carbonyl (C=O) groups excluding carboxylic acids is 1. The summed E-state index contributed by atoms with van der Waals surface area (Å²) in [4.78, 5) is 26.4. The van der Waals surface area contributed by atoms with E-state index in [9.17, 15) is 18.0 Å². The molecule has 35 heavy (non-hydrogen) atoms. The van der Waals surface area contributed by atoms with Gasteiger partial charge in [0.2, 0.25) is 11.9 Å². The van der Waals surface area contributed by atoms with Crippen LogP contribution in [0.2, 0.25) is 0 Å². The van der Waals surface area contributed by atoms with E-state index in [2.05, 4.69) is 68.6 Å². The average Bonchev–Trinajstić information content (AvgIpc) is 3.20. The summed E-state index contributed by atoms with van der Waals surface area (Å²) in [5.74, 6) is 0.494. The summed E-state index contributed by atoms with van der Waals surface area (Å²) in [7, 11) is 0. The van der Waals surface area contributed by atoms with Crippen LogP contribution in [0.4, 0.5) is 30.6 Å². The summed E-state index contributed by atoms with van der Waals surface area (Å²) in [5.41, 5.74) is 1.45. The first-order valence-corrected chi connectivity index (χ1v) is 11.6. The molecule has 3 aromatic rings. The molecule has 0 radical (unpaired) electrons. The second-order valence-electron chi connectivity index (χ2n) is 7.92. The third-order valence-electron chi connectivity index (χ3n) is 5.23. The lowest BCUT2D eigenvalue weighted by molar-refractivity contribution is -0.141. The Morgan fingerprint density at radius 2 is 1.89 bits per heavy atom. The molecule has 4 rings (SSSR count). The van der Waals surface area contributed by atoms with Gasteiger partial charge in [-0.05, 0) is 25.5 Å². The lowest BCUT2D eigenvalue weighted by Gasteiger charge is -2.42. The van der Waals surface area contributed by atoms with Crippen LogP contribution < -0.4 is 15.5 Å². The van der Waals surface area contributed by atoms with Crippen molar-refractivity contribution in [2.45, 2.75) is 42.7 Å². The predicted octanol–water partition coefficient (Wildman–Crippen LogP) is 3.60. The van der Waals surface area contributed by atoms with Crippen LogP contribution in [0.25, 0.3) is 0 Å². The number of rotatable bonds is 6. The highest BCUT2D eigenvalue weighted by Gasteiger charge is 2.40. The van der Waals surface area contributed by atoms with Crippen LogP contribution in [0.15, 0.2) is 30.7 Å². The molecular weight excluding hydrogens is 521 g/mol. The summed E-state index contributed by atoms with van der Waals surface area (Å²) in [6.45, 7) is 4.04. The Morgan fingerprint density at radius 3 is 2.51 bits per heavy atom. The first-order chi connectivity index (χ1) is 16.3. The zero-order chi connectivity index (χ0) is 25.5. The van der Waals surface area contributed by atoms with Gasteiger partial charge in [-0.1, -0.05) is 6.07 Å². The molecule has 1 atom stereocenters. The van der Waals surface area contributed by atoms with E-state index >= 15 is 0 Å². The largest absolute Gasteiger partial charge is 0.433 e. The second kappa shape index (κ2) is 9.43. The smallest absolute Gasteiger partial charge is 0.350 e. The number of thiol groups is 3. The lowest BCUT2D eigenvalue weighted by Crippen LogP contribution is -2.52. The summed E-state index contributed by atoms with van der Waals surface area (Å²) in [6.07, 6.45) is 0.0896. The topological polar surface area (TPSA) is 101 Å². The van der Waals surface area contributed by atoms with E-state index in [1.807, 2.05) is 0 Å². The van der Waals surface area contributed by atoms with E-state index in [0.29, 0.717) is 35.3 Å². The molecule has 2 N–H and O–H groups in total. The van der Waals surface area contributed by atoms with E-state index in [1.165, 1.54) is 12.3 Å². The van der Waals surface area contributed by atoms with Crippen LogP contribution in [0.5, 0.6) is 0 Å². The van der Waals surface area contributed by atoms with Crippen molar-refractivity contribution in [3.63, 3.8) is 0 Å². The minimum atomic E-state index is -4.48. The van der Waals surface area contributed by atoms with Crippen LogP contribution in [-0.4, -0.2) is 40.2 Å². The molecule has 0 spiro atoms. The number of amides is 1. The number of aromatic nitrogens is 5. The molecule has 0 aromatic carbocycles. The molecule has 0 aliphatic carbocycles. The fraction of sp³-hybridized carbons (Fsp3) is 0.350. The first kappa shape index (κ1) is 25.4. The van der Waals surface area contributed by atoms with Crippen molar-refractivity contribution in [3.05, 3.63) is 53.2 Å². The van der Waals surface area contributed by atoms with Gasteiger partial charge in [0.1, 0.15) is 17.4 Å². The second-order valence-corrected chi connectivity index (χ2v) is 10.9. The third kappa shape index (κ3) is 5.62. The lowest BCUT2D eigenvalue weighted by atomic mass is 10.2. The van der Waals surface area contributed by atoms with E-state index in [4.69, 9.17) is 0 Å². The molecule has 186 valence electrons. The molecule has 0 saturated carbocycles. The van der Waals surface area contributed by atoms with Crippen LogP contribution >= 0.6 is 37.9 Å². The van der Waals surface area contributed by atoms with Gasteiger partial charge in [-0.15, -0.1) is 37.9 Å². The van der Waals surface area contributed by atoms with Gasteiger partial charge in [0.15, 0.2) is 9.35 Å². The number of hydrogen-bond acceptors (Lipinski definition) is 10. The van der Waals surface area contributed by atoms with E-state index in [0.717, 1.165) is 11.6 Å². The molecule has 15 heteroatoms. The van der Waals surface area contributed by atoms with Crippen LogP contribution in [-0.2, 0) is 24.1 Å². The van der Waals surface area contributed by atoms with Crippen molar-refractivity contribution in [2.24, 2.45) is 0 Å². The fourth-order valence-corrected chi connectivity index (χ4v) is 4.33. The summed E-state index contributed by atoms with van der Waals surface area (Å²) in [6, 6.07) is 1.70. The van der Waals surface area contributed by atoms with Gasteiger partial charge in [-0.3, -0.25) is 14.5 Å². The molecule has 1 amide bonds. The quantitative estimate of drug-likeness (QED) is 0.240. The Balaban J connectivity index is 1.47. The summed E-state index contributed by atoms with van der Waals surface area (Å²) in [5, 5.41) is 10.2. The number of halogens is 3. The van der Waals surface area contributed by atoms with Crippen molar-refractivity contribution in [3.8, 4) is 0 Å². The monoisotopic (exact) mass is 542 g/mol. The number of alkyl halides is 3. The molecule has 0 bridgehead atoms. The Bertz CT molecular complexity index is 1240. The predicted molar refractivity (Wildman–Crippen MR) is 135 cm³/mol. The highest BCUT2D eigenvalue weighted by molar-refractivity contribution is 8.17. The molecule has 1 aliphatic rings. The normalized spacial score (nSPS) is 16.2. The minimum absolute atomic E-state index is 0.248. The van der Waals surface area contributed by atoms with Crippen LogP contribution in [0.3, 0.4) is 0 Å². The standard InChI is InChI=1S/C20H21F3N8OS3/c1-10-15-16(31(20(33,34)35)11(2)17(32)28-15)29-18(27-10)25-6-13-7-26-30(9-13)8-12-3-4-14(24-5-12)19(21,22)23/h3-5,7,9,11,33-35H,6,8H2,1-2H3,(H,28,32)(H,25,27,29)/t11-/m0/s1. The van der Waals surface area contributed by atoms with E-state index in [-0.39, 0.29) is 12.5 Å². The highest BCUT2D eigenvalue weighted by atomic mass is 32.2. The Labute approximate surface area is 215 Å². The molecule has 0 unspecified atom stereocenters. The van der Waals surface area contributed by atoms with Gasteiger partial charge < -0.3 is 15.5 Å². The number of carbonyl (C=O) groups is 1. The van der Waals surface area contributed by atoms with Gasteiger partial charge in [-0.25, -0.2) is 4.98 Å². The fourth-order valence-electron chi connectivity index (χ4n) is 3.53. The van der Waals surface area contributed by atoms with Gasteiger partial charge in [0.25, 0.3) is 0 Å². The highest BCUT2D eigenvalue weighted by Crippen LogP contribution is 2.42. The molecule has 0 fully saturated rings. The zero-order valence-corrected chi connectivity index (χ0v) is 21.1. The molecule has 4 heterocycles. The van der Waals surface area contributed by atoms with Gasteiger partial charge in [0, 0.05) is 24.5 Å². The minimum Gasteiger partial charge on any atom is -0.350 e. The van der Waals surface area contributed by atoms with Gasteiger partial charge in [0.05, 0.1) is 18.4 Å². The van der Waals surface area contributed by atoms with Gasteiger partial charge >= 0.3 is 6.18 Å². The van der Waals surface area contributed by atoms with E-state index in [1.54, 1.807) is 35.8 Å². The van der Waals surface area contributed by atoms with Crippen molar-refractivity contribution in [1.82, 2.24) is 24.7 Å². The molecule has 0 saturated heterocycles. The number of pyridine rings is 1. The molecule has 3 aromatic heterocycles. The SMILES string of the molecule is Cc1nc(NCc2cnn(Cc3ccc(C(F)(F)F)nc3)c2)nc2c1NC(=O)[C@H](C)N2C(S)(S)S. The first-order valence-electron chi connectivity index (χ1n) is 10.3. The Kier molecular flexibility index (Phi) is 6.85. The molecular formula is C20H21F3N8OS3. The number of aryl methyl sites for hydroxylation is 1. The maximum atomic E-state index is 12.7. The van der Waals surface area contributed by atoms with Crippen molar-refractivity contribution in [2.75, 3.05) is 15.5 Å². The van der Waals surface area contributed by atoms with Crippen LogP contribution in [0.1, 0.15) is 29.4 Å². The summed E-state index contributed by atoms with van der Waals surface area (Å²) < 4.78 is 38.4. The molecule has 1 aliphatic heterocycles. The number of fused-ring (bicyclic) bond motifs is 1. The Hall–Kier alpha value is -2.65. The van der Waals surface area contributed by atoms with Crippen molar-refractivity contribution in [1.29, 1.82) is 0 Å².